The Bertz CT molecular complexity index is 1130. The van der Waals surface area contributed by atoms with Gasteiger partial charge in [-0.25, -0.2) is 9.97 Å². The highest BCUT2D eigenvalue weighted by Gasteiger charge is 2.21. The van der Waals surface area contributed by atoms with Crippen LogP contribution in [-0.4, -0.2) is 41.6 Å². The average Bonchev–Trinajstić information content (AvgIpc) is 3.48. The molecule has 0 saturated carbocycles. The molecule has 5 rings (SSSR count). The molecule has 0 bridgehead atoms. The van der Waals surface area contributed by atoms with E-state index in [1.165, 1.54) is 11.5 Å². The lowest BCUT2D eigenvalue weighted by Gasteiger charge is -2.23. The SMILES string of the molecule is CCc1cc(Nc2nc(C3CCNCC3)cn3c(-c4cnn(C)c4)cnc23)sn1. The zero-order valence-corrected chi connectivity index (χ0v) is 17.4. The molecule has 8 nitrogen and oxygen atoms in total. The highest BCUT2D eigenvalue weighted by molar-refractivity contribution is 7.10. The van der Waals surface area contributed by atoms with E-state index in [0.717, 1.165) is 71.5 Å². The average molecular weight is 409 g/mol. The normalized spacial score (nSPS) is 15.2. The van der Waals surface area contributed by atoms with Gasteiger partial charge in [0.1, 0.15) is 5.00 Å². The summed E-state index contributed by atoms with van der Waals surface area (Å²) in [6, 6.07) is 2.09. The van der Waals surface area contributed by atoms with Crippen LogP contribution in [0.25, 0.3) is 16.9 Å². The van der Waals surface area contributed by atoms with Crippen molar-refractivity contribution in [3.05, 3.63) is 42.2 Å². The van der Waals surface area contributed by atoms with E-state index in [0.29, 0.717) is 5.92 Å². The zero-order chi connectivity index (χ0) is 19.8. The molecule has 0 aliphatic carbocycles. The van der Waals surface area contributed by atoms with Gasteiger partial charge in [0.05, 0.1) is 29.5 Å². The van der Waals surface area contributed by atoms with Crippen LogP contribution in [0, 0.1) is 0 Å². The van der Waals surface area contributed by atoms with Crippen molar-refractivity contribution in [1.82, 2.24) is 33.8 Å². The Balaban J connectivity index is 1.62. The van der Waals surface area contributed by atoms with Crippen LogP contribution in [0.4, 0.5) is 10.8 Å². The van der Waals surface area contributed by atoms with Gasteiger partial charge in [-0.05, 0) is 50.0 Å². The van der Waals surface area contributed by atoms with Crippen molar-refractivity contribution in [2.45, 2.75) is 32.1 Å². The Morgan fingerprint density at radius 2 is 2.10 bits per heavy atom. The fourth-order valence-electron chi connectivity index (χ4n) is 3.83. The third-order valence-electron chi connectivity index (χ3n) is 5.43. The minimum absolute atomic E-state index is 0.443. The molecule has 1 fully saturated rings. The molecular weight excluding hydrogens is 384 g/mol. The first-order chi connectivity index (χ1) is 14.2. The van der Waals surface area contributed by atoms with Crippen LogP contribution in [0.5, 0.6) is 0 Å². The second-order valence-electron chi connectivity index (χ2n) is 7.44. The van der Waals surface area contributed by atoms with Crippen molar-refractivity contribution >= 4 is 28.0 Å². The third kappa shape index (κ3) is 3.51. The van der Waals surface area contributed by atoms with E-state index in [-0.39, 0.29) is 0 Å². The summed E-state index contributed by atoms with van der Waals surface area (Å²) in [6.07, 6.45) is 11.0. The molecule has 0 atom stereocenters. The minimum atomic E-state index is 0.443. The number of imidazole rings is 1. The zero-order valence-electron chi connectivity index (χ0n) is 16.6. The summed E-state index contributed by atoms with van der Waals surface area (Å²) >= 11 is 1.46. The summed E-state index contributed by atoms with van der Waals surface area (Å²) in [5.41, 5.74) is 5.06. The van der Waals surface area contributed by atoms with Gasteiger partial charge < -0.3 is 10.6 Å². The molecule has 1 aliphatic heterocycles. The standard InChI is InChI=1S/C20H24N8S/c1-3-15-8-18(29-26-15)25-19-20-22-10-17(14-9-23-27(2)11-14)28(20)12-16(24-19)13-4-6-21-7-5-13/h8-13,21H,3-7H2,1-2H3,(H,24,25). The number of hydrogen-bond acceptors (Lipinski definition) is 7. The highest BCUT2D eigenvalue weighted by atomic mass is 32.1. The number of piperidine rings is 1. The molecule has 0 spiro atoms. The first kappa shape index (κ1) is 18.3. The molecule has 2 N–H and O–H groups in total. The van der Waals surface area contributed by atoms with Crippen molar-refractivity contribution in [2.24, 2.45) is 7.05 Å². The lowest BCUT2D eigenvalue weighted by Crippen LogP contribution is -2.27. The molecule has 0 amide bonds. The first-order valence-electron chi connectivity index (χ1n) is 10.0. The summed E-state index contributed by atoms with van der Waals surface area (Å²) in [5.74, 6) is 1.22. The molecule has 0 unspecified atom stereocenters. The Kier molecular flexibility index (Phi) is 4.76. The number of hydrogen-bond donors (Lipinski definition) is 2. The monoisotopic (exact) mass is 408 g/mol. The molecule has 0 radical (unpaired) electrons. The molecule has 1 saturated heterocycles. The van der Waals surface area contributed by atoms with E-state index in [2.05, 4.69) is 48.7 Å². The van der Waals surface area contributed by atoms with Crippen molar-refractivity contribution in [2.75, 3.05) is 18.4 Å². The number of nitrogens with one attached hydrogen (secondary N) is 2. The van der Waals surface area contributed by atoms with Crippen molar-refractivity contribution in [1.29, 1.82) is 0 Å². The molecule has 5 heterocycles. The minimum Gasteiger partial charge on any atom is -0.328 e. The van der Waals surface area contributed by atoms with E-state index < -0.39 is 0 Å². The third-order valence-corrected chi connectivity index (χ3v) is 6.17. The van der Waals surface area contributed by atoms with Crippen LogP contribution >= 0.6 is 11.5 Å². The van der Waals surface area contributed by atoms with Gasteiger partial charge in [0.2, 0.25) is 0 Å². The number of nitrogens with zero attached hydrogens (tertiary/aromatic N) is 6. The van der Waals surface area contributed by atoms with Crippen molar-refractivity contribution in [3.63, 3.8) is 0 Å². The van der Waals surface area contributed by atoms with E-state index in [4.69, 9.17) is 4.98 Å². The van der Waals surface area contributed by atoms with E-state index in [1.54, 1.807) is 0 Å². The Hall–Kier alpha value is -2.78. The first-order valence-corrected chi connectivity index (χ1v) is 10.8. The quantitative estimate of drug-likeness (QED) is 0.527. The number of aromatic nitrogens is 6. The van der Waals surface area contributed by atoms with E-state index in [9.17, 15) is 0 Å². The molecule has 150 valence electrons. The van der Waals surface area contributed by atoms with Gasteiger partial charge in [-0.1, -0.05) is 6.92 Å². The Labute approximate surface area is 173 Å². The van der Waals surface area contributed by atoms with E-state index in [1.807, 2.05) is 30.3 Å². The predicted octanol–water partition coefficient (Wildman–Crippen LogP) is 3.36. The van der Waals surface area contributed by atoms with Crippen LogP contribution in [0.1, 0.15) is 37.1 Å². The lowest BCUT2D eigenvalue weighted by molar-refractivity contribution is 0.452. The van der Waals surface area contributed by atoms with Gasteiger partial charge in [-0.3, -0.25) is 9.08 Å². The summed E-state index contributed by atoms with van der Waals surface area (Å²) in [6.45, 7) is 4.17. The summed E-state index contributed by atoms with van der Waals surface area (Å²) in [4.78, 5) is 9.69. The van der Waals surface area contributed by atoms with E-state index >= 15 is 0 Å². The topological polar surface area (TPSA) is 85.0 Å². The van der Waals surface area contributed by atoms with Gasteiger partial charge in [0.15, 0.2) is 11.5 Å². The van der Waals surface area contributed by atoms with Gasteiger partial charge in [0.25, 0.3) is 0 Å². The van der Waals surface area contributed by atoms with Crippen LogP contribution in [0.3, 0.4) is 0 Å². The molecular formula is C20H24N8S. The lowest BCUT2D eigenvalue weighted by atomic mass is 9.95. The molecule has 0 aromatic carbocycles. The van der Waals surface area contributed by atoms with Gasteiger partial charge in [0, 0.05) is 30.9 Å². The second-order valence-corrected chi connectivity index (χ2v) is 8.24. The molecule has 29 heavy (non-hydrogen) atoms. The maximum absolute atomic E-state index is 5.00. The molecule has 9 heteroatoms. The fraction of sp³-hybridized carbons (Fsp3) is 0.400. The highest BCUT2D eigenvalue weighted by Crippen LogP contribution is 2.31. The number of fused-ring (bicyclic) bond motifs is 1. The summed E-state index contributed by atoms with van der Waals surface area (Å²) in [7, 11) is 1.93. The Morgan fingerprint density at radius 1 is 1.24 bits per heavy atom. The van der Waals surface area contributed by atoms with Crippen LogP contribution < -0.4 is 10.6 Å². The number of aryl methyl sites for hydroxylation is 2. The largest absolute Gasteiger partial charge is 0.328 e. The number of anilines is 2. The second kappa shape index (κ2) is 7.57. The maximum Gasteiger partial charge on any atom is 0.180 e. The van der Waals surface area contributed by atoms with Crippen LogP contribution in [-0.2, 0) is 13.5 Å². The van der Waals surface area contributed by atoms with Crippen LogP contribution in [0.2, 0.25) is 0 Å². The Morgan fingerprint density at radius 3 is 2.83 bits per heavy atom. The van der Waals surface area contributed by atoms with Crippen LogP contribution in [0.15, 0.2) is 30.9 Å². The number of rotatable bonds is 5. The smallest absolute Gasteiger partial charge is 0.180 e. The molecule has 1 aliphatic rings. The predicted molar refractivity (Wildman–Crippen MR) is 115 cm³/mol. The molecule has 4 aromatic heterocycles. The maximum atomic E-state index is 5.00. The van der Waals surface area contributed by atoms with Crippen molar-refractivity contribution in [3.8, 4) is 11.3 Å². The van der Waals surface area contributed by atoms with Gasteiger partial charge >= 0.3 is 0 Å². The summed E-state index contributed by atoms with van der Waals surface area (Å²) in [5, 5.41) is 12.2. The van der Waals surface area contributed by atoms with Gasteiger partial charge in [-0.15, -0.1) is 0 Å². The summed E-state index contributed by atoms with van der Waals surface area (Å²) < 4.78 is 8.44. The molecule has 4 aromatic rings. The fourth-order valence-corrected chi connectivity index (χ4v) is 4.55. The van der Waals surface area contributed by atoms with Crippen molar-refractivity contribution < 1.29 is 0 Å². The van der Waals surface area contributed by atoms with Gasteiger partial charge in [-0.2, -0.15) is 9.47 Å².